The normalized spacial score (nSPS) is 33.4. The van der Waals surface area contributed by atoms with E-state index in [2.05, 4.69) is 0 Å². The van der Waals surface area contributed by atoms with Crippen molar-refractivity contribution in [1.29, 1.82) is 0 Å². The van der Waals surface area contributed by atoms with Gasteiger partial charge in [-0.05, 0) is 14.1 Å². The molecular weight excluding hydrogens is 196 g/mol. The lowest BCUT2D eigenvalue weighted by molar-refractivity contribution is -0.142. The molecule has 1 heterocycles. The van der Waals surface area contributed by atoms with Crippen LogP contribution in [0.25, 0.3) is 0 Å². The van der Waals surface area contributed by atoms with Gasteiger partial charge in [-0.2, -0.15) is 0 Å². The number of amides is 1. The first-order chi connectivity index (χ1) is 7.02. The maximum absolute atomic E-state index is 11.7. The number of carbonyl (C=O) groups excluding carboxylic acids is 1. The molecule has 0 bridgehead atoms. The van der Waals surface area contributed by atoms with Crippen molar-refractivity contribution in [2.24, 2.45) is 17.8 Å². The van der Waals surface area contributed by atoms with E-state index in [4.69, 9.17) is 5.11 Å². The predicted octanol–water partition coefficient (Wildman–Crippen LogP) is -0.663. The zero-order valence-electron chi connectivity index (χ0n) is 9.01. The first-order valence-corrected chi connectivity index (χ1v) is 5.18. The lowest BCUT2D eigenvalue weighted by Crippen LogP contribution is -2.36. The number of carboxylic acids is 1. The van der Waals surface area contributed by atoms with Crippen LogP contribution >= 0.6 is 0 Å². The van der Waals surface area contributed by atoms with Crippen LogP contribution in [0.1, 0.15) is 0 Å². The quantitative estimate of drug-likeness (QED) is 0.672. The Kier molecular flexibility index (Phi) is 2.42. The Morgan fingerprint density at radius 3 is 2.67 bits per heavy atom. The number of hydrogen-bond donors (Lipinski definition) is 1. The Labute approximate surface area is 88.6 Å². The first kappa shape index (κ1) is 10.4. The molecule has 2 rings (SSSR count). The molecule has 1 aliphatic heterocycles. The molecule has 1 saturated carbocycles. The average molecular weight is 212 g/mol. The highest BCUT2D eigenvalue weighted by Crippen LogP contribution is 2.52. The highest BCUT2D eigenvalue weighted by atomic mass is 16.4. The van der Waals surface area contributed by atoms with Crippen LogP contribution in [0, 0.1) is 17.8 Å². The van der Waals surface area contributed by atoms with Crippen molar-refractivity contribution in [2.75, 3.05) is 33.7 Å². The Balaban J connectivity index is 1.86. The largest absolute Gasteiger partial charge is 0.481 e. The lowest BCUT2D eigenvalue weighted by atomic mass is 10.2. The van der Waals surface area contributed by atoms with Gasteiger partial charge in [-0.1, -0.05) is 0 Å². The molecule has 1 saturated heterocycles. The minimum atomic E-state index is -0.814. The molecule has 0 aromatic rings. The molecule has 3 atom stereocenters. The summed E-state index contributed by atoms with van der Waals surface area (Å²) in [6.07, 6.45) is 0. The Hall–Kier alpha value is -1.10. The summed E-state index contributed by atoms with van der Waals surface area (Å²) in [4.78, 5) is 26.2. The average Bonchev–Trinajstić information content (AvgIpc) is 2.77. The van der Waals surface area contributed by atoms with Crippen LogP contribution in [0.4, 0.5) is 0 Å². The number of rotatable bonds is 4. The number of hydrogen-bond acceptors (Lipinski definition) is 3. The number of fused-ring (bicyclic) bond motifs is 1. The summed E-state index contributed by atoms with van der Waals surface area (Å²) < 4.78 is 0. The number of aliphatic carboxylic acids is 1. The van der Waals surface area contributed by atoms with Crippen LogP contribution in [-0.4, -0.2) is 60.5 Å². The van der Waals surface area contributed by atoms with E-state index in [9.17, 15) is 9.59 Å². The molecule has 0 radical (unpaired) electrons. The van der Waals surface area contributed by atoms with E-state index in [-0.39, 0.29) is 17.7 Å². The summed E-state index contributed by atoms with van der Waals surface area (Å²) in [5.41, 5.74) is 0. The highest BCUT2D eigenvalue weighted by Gasteiger charge is 2.64. The van der Waals surface area contributed by atoms with Crippen LogP contribution < -0.4 is 0 Å². The molecule has 1 aliphatic carbocycles. The van der Waals surface area contributed by atoms with Crippen LogP contribution in [0.3, 0.4) is 0 Å². The zero-order valence-corrected chi connectivity index (χ0v) is 9.01. The second-order valence-corrected chi connectivity index (χ2v) is 4.64. The van der Waals surface area contributed by atoms with E-state index in [1.165, 1.54) is 0 Å². The van der Waals surface area contributed by atoms with Gasteiger partial charge in [0.15, 0.2) is 0 Å². The van der Waals surface area contributed by atoms with Gasteiger partial charge in [-0.3, -0.25) is 9.59 Å². The maximum Gasteiger partial charge on any atom is 0.307 e. The smallest absolute Gasteiger partial charge is 0.307 e. The van der Waals surface area contributed by atoms with Crippen molar-refractivity contribution in [3.63, 3.8) is 0 Å². The van der Waals surface area contributed by atoms with Crippen LogP contribution in [-0.2, 0) is 9.59 Å². The van der Waals surface area contributed by atoms with Gasteiger partial charge in [0.2, 0.25) is 5.91 Å². The van der Waals surface area contributed by atoms with E-state index in [0.717, 1.165) is 6.54 Å². The number of likely N-dealkylation sites (tertiary alicyclic amines) is 1. The fourth-order valence-corrected chi connectivity index (χ4v) is 2.35. The number of nitrogens with zero attached hydrogens (tertiary/aromatic N) is 2. The highest BCUT2D eigenvalue weighted by molar-refractivity contribution is 5.93. The van der Waals surface area contributed by atoms with Gasteiger partial charge in [-0.15, -0.1) is 0 Å². The topological polar surface area (TPSA) is 60.9 Å². The van der Waals surface area contributed by atoms with Crippen LogP contribution in [0.2, 0.25) is 0 Å². The number of carboxylic acid groups (broad SMARTS) is 1. The molecule has 1 N–H and O–H groups in total. The summed E-state index contributed by atoms with van der Waals surface area (Å²) >= 11 is 0. The Morgan fingerprint density at radius 1 is 1.60 bits per heavy atom. The zero-order chi connectivity index (χ0) is 11.2. The van der Waals surface area contributed by atoms with Crippen molar-refractivity contribution >= 4 is 11.9 Å². The second-order valence-electron chi connectivity index (χ2n) is 4.64. The third kappa shape index (κ3) is 1.71. The molecule has 0 aromatic carbocycles. The summed E-state index contributed by atoms with van der Waals surface area (Å²) in [5, 5.41) is 8.80. The third-order valence-corrected chi connectivity index (χ3v) is 3.30. The number of carbonyl (C=O) groups is 2. The van der Waals surface area contributed by atoms with Crippen LogP contribution in [0.15, 0.2) is 0 Å². The van der Waals surface area contributed by atoms with Crippen molar-refractivity contribution in [2.45, 2.75) is 0 Å². The second kappa shape index (κ2) is 3.48. The van der Waals surface area contributed by atoms with Gasteiger partial charge in [0.1, 0.15) is 0 Å². The van der Waals surface area contributed by atoms with Crippen LogP contribution in [0.5, 0.6) is 0 Å². The molecule has 84 valence electrons. The molecular formula is C10H16N2O3. The fraction of sp³-hybridized carbons (Fsp3) is 0.800. The summed E-state index contributed by atoms with van der Waals surface area (Å²) in [6.45, 7) is 2.18. The molecule has 2 aliphatic rings. The monoisotopic (exact) mass is 212 g/mol. The summed E-state index contributed by atoms with van der Waals surface area (Å²) in [5.74, 6) is -1.31. The van der Waals surface area contributed by atoms with Gasteiger partial charge in [-0.25, -0.2) is 0 Å². The summed E-state index contributed by atoms with van der Waals surface area (Å²) in [7, 11) is 3.92. The predicted molar refractivity (Wildman–Crippen MR) is 53.2 cm³/mol. The van der Waals surface area contributed by atoms with E-state index in [1.807, 2.05) is 19.0 Å². The lowest BCUT2D eigenvalue weighted by Gasteiger charge is -2.21. The molecule has 2 fully saturated rings. The van der Waals surface area contributed by atoms with E-state index >= 15 is 0 Å². The van der Waals surface area contributed by atoms with E-state index in [1.54, 1.807) is 4.90 Å². The maximum atomic E-state index is 11.7. The molecule has 15 heavy (non-hydrogen) atoms. The molecule has 1 amide bonds. The van der Waals surface area contributed by atoms with Crippen molar-refractivity contribution in [3.8, 4) is 0 Å². The number of piperidine rings is 1. The van der Waals surface area contributed by atoms with Gasteiger partial charge < -0.3 is 14.9 Å². The standard InChI is InChI=1S/C10H16N2O3/c1-11(2)3-4-12-5-6-7(9(12)13)8(6)10(14)15/h6-8H,3-5H2,1-2H3,(H,14,15). The third-order valence-electron chi connectivity index (χ3n) is 3.30. The van der Waals surface area contributed by atoms with E-state index < -0.39 is 11.9 Å². The van der Waals surface area contributed by atoms with Gasteiger partial charge in [0, 0.05) is 25.6 Å². The summed E-state index contributed by atoms with van der Waals surface area (Å²) in [6, 6.07) is 0. The number of likely N-dealkylation sites (N-methyl/N-ethyl adjacent to an activating group) is 1. The van der Waals surface area contributed by atoms with Gasteiger partial charge in [0.25, 0.3) is 0 Å². The van der Waals surface area contributed by atoms with Gasteiger partial charge >= 0.3 is 5.97 Å². The van der Waals surface area contributed by atoms with Crippen molar-refractivity contribution in [3.05, 3.63) is 0 Å². The minimum absolute atomic E-state index is 0.0363. The molecule has 5 nitrogen and oxygen atoms in total. The minimum Gasteiger partial charge on any atom is -0.481 e. The Bertz CT molecular complexity index is 303. The molecule has 0 aromatic heterocycles. The molecule has 5 heteroatoms. The SMILES string of the molecule is CN(C)CCN1CC2C(C(=O)O)C2C1=O. The fourth-order valence-electron chi connectivity index (χ4n) is 2.35. The molecule has 0 spiro atoms. The van der Waals surface area contributed by atoms with Crippen molar-refractivity contribution < 1.29 is 14.7 Å². The van der Waals surface area contributed by atoms with E-state index in [0.29, 0.717) is 13.1 Å². The molecule has 3 unspecified atom stereocenters. The first-order valence-electron chi connectivity index (χ1n) is 5.18. The Morgan fingerprint density at radius 2 is 2.27 bits per heavy atom. The van der Waals surface area contributed by atoms with Gasteiger partial charge in [0.05, 0.1) is 11.8 Å². The van der Waals surface area contributed by atoms with Crippen molar-refractivity contribution in [1.82, 2.24) is 9.80 Å².